The number of aliphatic hydroxyl groups is 1. The van der Waals surface area contributed by atoms with E-state index in [0.29, 0.717) is 0 Å². The molecule has 0 amide bonds. The molecule has 1 N–H and O–H groups in total. The smallest absolute Gasteiger partial charge is 0.0543 e. The molecule has 0 saturated heterocycles. The summed E-state index contributed by atoms with van der Waals surface area (Å²) < 4.78 is 0. The van der Waals surface area contributed by atoms with Crippen molar-refractivity contribution in [3.05, 3.63) is 0 Å². The van der Waals surface area contributed by atoms with Gasteiger partial charge in [-0.3, -0.25) is 0 Å². The molecule has 2 aliphatic carbocycles. The number of aliphatic hydroxyl groups excluding tert-OH is 1. The number of fused-ring (bicyclic) bond motifs is 1. The van der Waals surface area contributed by atoms with Gasteiger partial charge in [0.2, 0.25) is 0 Å². The molecule has 0 bridgehead atoms. The lowest BCUT2D eigenvalue weighted by Crippen LogP contribution is -2.35. The maximum atomic E-state index is 9.73. The highest BCUT2D eigenvalue weighted by atomic mass is 16.3. The van der Waals surface area contributed by atoms with Crippen molar-refractivity contribution in [1.82, 2.24) is 0 Å². The molecule has 0 radical (unpaired) electrons. The van der Waals surface area contributed by atoms with Gasteiger partial charge >= 0.3 is 0 Å². The van der Waals surface area contributed by atoms with Crippen molar-refractivity contribution >= 4 is 0 Å². The van der Waals surface area contributed by atoms with E-state index in [1.54, 1.807) is 0 Å². The Balaban J connectivity index is 1.97. The summed E-state index contributed by atoms with van der Waals surface area (Å²) in [5.74, 6) is 2.77. The Morgan fingerprint density at radius 1 is 1.14 bits per heavy atom. The van der Waals surface area contributed by atoms with E-state index in [-0.39, 0.29) is 6.10 Å². The third-order valence-electron chi connectivity index (χ3n) is 4.44. The van der Waals surface area contributed by atoms with Crippen molar-refractivity contribution in [3.63, 3.8) is 0 Å². The number of rotatable bonds is 2. The standard InChI is InChI=1S/C13H24O/c1-2-4-10-5-3-6-11-7-8-12(14)9-13(10)11/h10-14H,2-9H2,1H3. The normalized spacial score (nSPS) is 43.3. The number of hydrogen-bond donors (Lipinski definition) is 1. The summed E-state index contributed by atoms with van der Waals surface area (Å²) in [6, 6.07) is 0. The Morgan fingerprint density at radius 2 is 2.00 bits per heavy atom. The zero-order chi connectivity index (χ0) is 9.97. The Labute approximate surface area is 87.9 Å². The molecule has 14 heavy (non-hydrogen) atoms. The van der Waals surface area contributed by atoms with Gasteiger partial charge in [-0.25, -0.2) is 0 Å². The summed E-state index contributed by atoms with van der Waals surface area (Å²) in [7, 11) is 0. The summed E-state index contributed by atoms with van der Waals surface area (Å²) in [6.07, 6.45) is 10.5. The van der Waals surface area contributed by atoms with Crippen LogP contribution in [0.2, 0.25) is 0 Å². The topological polar surface area (TPSA) is 20.2 Å². The van der Waals surface area contributed by atoms with Gasteiger partial charge in [0.1, 0.15) is 0 Å². The molecular formula is C13H24O. The fourth-order valence-corrected chi connectivity index (χ4v) is 3.77. The molecule has 4 unspecified atom stereocenters. The average Bonchev–Trinajstić information content (AvgIpc) is 2.19. The van der Waals surface area contributed by atoms with Crippen LogP contribution < -0.4 is 0 Å². The second kappa shape index (κ2) is 4.65. The van der Waals surface area contributed by atoms with Gasteiger partial charge in [0.05, 0.1) is 6.10 Å². The third-order valence-corrected chi connectivity index (χ3v) is 4.44. The lowest BCUT2D eigenvalue weighted by Gasteiger charge is -2.43. The fraction of sp³-hybridized carbons (Fsp3) is 1.00. The monoisotopic (exact) mass is 196 g/mol. The molecule has 0 aromatic carbocycles. The molecule has 2 fully saturated rings. The van der Waals surface area contributed by atoms with E-state index in [1.165, 1.54) is 38.5 Å². The molecule has 0 aromatic heterocycles. The van der Waals surface area contributed by atoms with Gasteiger partial charge in [-0.05, 0) is 37.0 Å². The lowest BCUT2D eigenvalue weighted by atomic mass is 9.64. The lowest BCUT2D eigenvalue weighted by molar-refractivity contribution is 0.0161. The van der Waals surface area contributed by atoms with Crippen molar-refractivity contribution in [3.8, 4) is 0 Å². The predicted octanol–water partition coefficient (Wildman–Crippen LogP) is 3.36. The Bertz CT molecular complexity index is 176. The van der Waals surface area contributed by atoms with Crippen LogP contribution in [0.25, 0.3) is 0 Å². The van der Waals surface area contributed by atoms with Crippen LogP contribution in [0.1, 0.15) is 58.3 Å². The first-order valence-corrected chi connectivity index (χ1v) is 6.49. The second-order valence-corrected chi connectivity index (χ2v) is 5.37. The van der Waals surface area contributed by atoms with Gasteiger partial charge in [-0.1, -0.05) is 39.0 Å². The first kappa shape index (κ1) is 10.5. The zero-order valence-corrected chi connectivity index (χ0v) is 9.41. The first-order valence-electron chi connectivity index (χ1n) is 6.49. The maximum absolute atomic E-state index is 9.73. The van der Waals surface area contributed by atoms with Crippen molar-refractivity contribution in [1.29, 1.82) is 0 Å². The molecular weight excluding hydrogens is 172 g/mol. The number of hydrogen-bond acceptors (Lipinski definition) is 1. The van der Waals surface area contributed by atoms with Gasteiger partial charge in [0.25, 0.3) is 0 Å². The minimum atomic E-state index is 0.0220. The quantitative estimate of drug-likeness (QED) is 0.718. The van der Waals surface area contributed by atoms with Gasteiger partial charge in [-0.2, -0.15) is 0 Å². The van der Waals surface area contributed by atoms with Crippen LogP contribution in [-0.4, -0.2) is 11.2 Å². The van der Waals surface area contributed by atoms with Crippen LogP contribution in [0.4, 0.5) is 0 Å². The molecule has 0 spiro atoms. The summed E-state index contributed by atoms with van der Waals surface area (Å²) in [5, 5.41) is 9.73. The first-order chi connectivity index (χ1) is 6.81. The van der Waals surface area contributed by atoms with E-state index in [4.69, 9.17) is 0 Å². The molecule has 0 aliphatic heterocycles. The Morgan fingerprint density at radius 3 is 2.79 bits per heavy atom. The molecule has 0 heterocycles. The molecule has 0 aromatic rings. The molecule has 2 rings (SSSR count). The van der Waals surface area contributed by atoms with Gasteiger partial charge < -0.3 is 5.11 Å². The highest BCUT2D eigenvalue weighted by Gasteiger charge is 2.36. The van der Waals surface area contributed by atoms with Crippen molar-refractivity contribution < 1.29 is 5.11 Å². The predicted molar refractivity (Wildman–Crippen MR) is 59.1 cm³/mol. The fourth-order valence-electron chi connectivity index (χ4n) is 3.77. The zero-order valence-electron chi connectivity index (χ0n) is 9.41. The highest BCUT2D eigenvalue weighted by molar-refractivity contribution is 4.87. The summed E-state index contributed by atoms with van der Waals surface area (Å²) in [6.45, 7) is 2.29. The van der Waals surface area contributed by atoms with Crippen LogP contribution in [0.5, 0.6) is 0 Å². The van der Waals surface area contributed by atoms with Gasteiger partial charge in [0.15, 0.2) is 0 Å². The minimum absolute atomic E-state index is 0.0220. The van der Waals surface area contributed by atoms with Crippen molar-refractivity contribution in [2.45, 2.75) is 64.4 Å². The maximum Gasteiger partial charge on any atom is 0.0543 e. The van der Waals surface area contributed by atoms with Crippen LogP contribution in [0.3, 0.4) is 0 Å². The molecule has 1 nitrogen and oxygen atoms in total. The molecule has 2 aliphatic rings. The van der Waals surface area contributed by atoms with Crippen LogP contribution in [0, 0.1) is 17.8 Å². The van der Waals surface area contributed by atoms with E-state index >= 15 is 0 Å². The van der Waals surface area contributed by atoms with Gasteiger partial charge in [0, 0.05) is 0 Å². The Kier molecular flexibility index (Phi) is 3.48. The molecule has 82 valence electrons. The van der Waals surface area contributed by atoms with E-state index in [0.717, 1.165) is 30.6 Å². The van der Waals surface area contributed by atoms with Crippen LogP contribution in [-0.2, 0) is 0 Å². The largest absolute Gasteiger partial charge is 0.393 e. The SMILES string of the molecule is CCCC1CCCC2CCC(O)CC12. The molecule has 4 atom stereocenters. The minimum Gasteiger partial charge on any atom is -0.393 e. The summed E-state index contributed by atoms with van der Waals surface area (Å²) in [4.78, 5) is 0. The summed E-state index contributed by atoms with van der Waals surface area (Å²) >= 11 is 0. The van der Waals surface area contributed by atoms with Gasteiger partial charge in [-0.15, -0.1) is 0 Å². The molecule has 1 heteroatoms. The molecule has 2 saturated carbocycles. The van der Waals surface area contributed by atoms with Crippen LogP contribution in [0.15, 0.2) is 0 Å². The Hall–Kier alpha value is -0.0400. The highest BCUT2D eigenvalue weighted by Crippen LogP contribution is 2.45. The third kappa shape index (κ3) is 2.13. The summed E-state index contributed by atoms with van der Waals surface area (Å²) in [5.41, 5.74) is 0. The van der Waals surface area contributed by atoms with E-state index in [9.17, 15) is 5.11 Å². The van der Waals surface area contributed by atoms with Crippen LogP contribution >= 0.6 is 0 Å². The average molecular weight is 196 g/mol. The van der Waals surface area contributed by atoms with Crippen molar-refractivity contribution in [2.24, 2.45) is 17.8 Å². The van der Waals surface area contributed by atoms with E-state index in [1.807, 2.05) is 0 Å². The van der Waals surface area contributed by atoms with Crippen molar-refractivity contribution in [2.75, 3.05) is 0 Å². The van der Waals surface area contributed by atoms with E-state index in [2.05, 4.69) is 6.92 Å². The second-order valence-electron chi connectivity index (χ2n) is 5.37. The van der Waals surface area contributed by atoms with E-state index < -0.39 is 0 Å².